The number of nitrogens with zero attached hydrogens (tertiary/aromatic N) is 1. The van der Waals surface area contributed by atoms with Crippen molar-refractivity contribution in [2.75, 3.05) is 14.2 Å². The third-order valence-corrected chi connectivity index (χ3v) is 4.23. The van der Waals surface area contributed by atoms with Crippen LogP contribution in [0.1, 0.15) is 33.3 Å². The highest BCUT2D eigenvalue weighted by atomic mass is 19.1. The summed E-state index contributed by atoms with van der Waals surface area (Å²) < 4.78 is 51.7. The molecule has 2 rings (SSSR count). The summed E-state index contributed by atoms with van der Waals surface area (Å²) in [6.45, 7) is 0.458. The summed E-state index contributed by atoms with van der Waals surface area (Å²) >= 11 is 0. The topological polar surface area (TPSA) is 113 Å². The van der Waals surface area contributed by atoms with Crippen molar-refractivity contribution < 1.29 is 32.2 Å². The molecule has 0 radical (unpaired) electrons. The first-order valence-corrected chi connectivity index (χ1v) is 8.63. The normalized spacial score (nSPS) is 11.8. The van der Waals surface area contributed by atoms with Crippen LogP contribution in [0.15, 0.2) is 23.1 Å². The molecular formula is C19H20F3N3O5. The minimum absolute atomic E-state index is 0.0937. The molecule has 1 amide bonds. The van der Waals surface area contributed by atoms with Gasteiger partial charge in [0.1, 0.15) is 34.9 Å². The van der Waals surface area contributed by atoms with Crippen LogP contribution in [-0.4, -0.2) is 36.7 Å². The van der Waals surface area contributed by atoms with Crippen LogP contribution in [0.3, 0.4) is 0 Å². The molecule has 0 bridgehead atoms. The summed E-state index contributed by atoms with van der Waals surface area (Å²) in [4.78, 5) is 37.2. The molecule has 0 fully saturated rings. The van der Waals surface area contributed by atoms with E-state index in [9.17, 15) is 27.6 Å². The molecule has 3 N–H and O–H groups in total. The zero-order valence-corrected chi connectivity index (χ0v) is 16.4. The third-order valence-electron chi connectivity index (χ3n) is 4.23. The van der Waals surface area contributed by atoms with Crippen LogP contribution >= 0.6 is 0 Å². The first kappa shape index (κ1) is 23.1. The lowest BCUT2D eigenvalue weighted by Crippen LogP contribution is -2.35. The second-order valence-corrected chi connectivity index (χ2v) is 6.27. The molecule has 0 saturated carbocycles. The fourth-order valence-corrected chi connectivity index (χ4v) is 2.77. The summed E-state index contributed by atoms with van der Waals surface area (Å²) in [5.41, 5.74) is 3.66. The highest BCUT2D eigenvalue weighted by Gasteiger charge is 2.24. The first-order valence-electron chi connectivity index (χ1n) is 8.63. The van der Waals surface area contributed by atoms with Crippen molar-refractivity contribution >= 4 is 11.7 Å². The van der Waals surface area contributed by atoms with E-state index in [-0.39, 0.29) is 12.2 Å². The van der Waals surface area contributed by atoms with Gasteiger partial charge in [0.2, 0.25) is 5.43 Å². The second kappa shape index (κ2) is 9.55. The van der Waals surface area contributed by atoms with E-state index >= 15 is 0 Å². The lowest BCUT2D eigenvalue weighted by atomic mass is 10.1. The maximum atomic E-state index is 13.8. The van der Waals surface area contributed by atoms with Crippen molar-refractivity contribution in [3.63, 3.8) is 0 Å². The maximum Gasteiger partial charge on any atom is 0.257 e. The van der Waals surface area contributed by atoms with Gasteiger partial charge in [-0.2, -0.15) is 0 Å². The second-order valence-electron chi connectivity index (χ2n) is 6.27. The van der Waals surface area contributed by atoms with Crippen LogP contribution in [0.2, 0.25) is 0 Å². The largest absolute Gasteiger partial charge is 0.491 e. The molecular weight excluding hydrogens is 407 g/mol. The fraction of sp³-hybridized carbons (Fsp3) is 0.316. The summed E-state index contributed by atoms with van der Waals surface area (Å²) in [7, 11) is 2.48. The number of amides is 1. The van der Waals surface area contributed by atoms with E-state index in [1.807, 2.05) is 0 Å². The Morgan fingerprint density at radius 1 is 1.20 bits per heavy atom. The molecule has 162 valence electrons. The molecule has 1 aromatic carbocycles. The average Bonchev–Trinajstić information content (AvgIpc) is 2.67. The van der Waals surface area contributed by atoms with Crippen LogP contribution < -0.4 is 21.2 Å². The van der Waals surface area contributed by atoms with E-state index in [1.54, 1.807) is 0 Å². The number of ether oxygens (including phenoxy) is 2. The van der Waals surface area contributed by atoms with Crippen LogP contribution in [0.25, 0.3) is 0 Å². The quantitative estimate of drug-likeness (QED) is 0.486. The Morgan fingerprint density at radius 3 is 2.30 bits per heavy atom. The number of hydrogen-bond acceptors (Lipinski definition) is 6. The van der Waals surface area contributed by atoms with E-state index in [1.165, 1.54) is 18.6 Å². The number of aromatic nitrogens is 1. The Hall–Kier alpha value is -3.18. The van der Waals surface area contributed by atoms with Crippen molar-refractivity contribution in [1.29, 1.82) is 0 Å². The monoisotopic (exact) mass is 427 g/mol. The van der Waals surface area contributed by atoms with Crippen molar-refractivity contribution in [2.45, 2.75) is 26.2 Å². The average molecular weight is 427 g/mol. The molecule has 0 saturated heterocycles. The number of carbonyl (C=O) groups is 2. The summed E-state index contributed by atoms with van der Waals surface area (Å²) in [6.07, 6.45) is 0.210. The molecule has 1 atom stereocenters. The number of methoxy groups -OCH3 is 2. The lowest BCUT2D eigenvalue weighted by molar-refractivity contribution is 0.0878. The number of benzene rings is 1. The van der Waals surface area contributed by atoms with Gasteiger partial charge < -0.3 is 25.1 Å². The number of carbonyl (C=O) groups excluding carboxylic acids is 2. The van der Waals surface area contributed by atoms with E-state index < -0.39 is 64.2 Å². The molecule has 8 nitrogen and oxygen atoms in total. The van der Waals surface area contributed by atoms with E-state index in [2.05, 4.69) is 5.32 Å². The molecule has 30 heavy (non-hydrogen) atoms. The van der Waals surface area contributed by atoms with Crippen LogP contribution in [0.4, 0.5) is 13.2 Å². The van der Waals surface area contributed by atoms with Gasteiger partial charge in [-0.3, -0.25) is 14.4 Å². The summed E-state index contributed by atoms with van der Waals surface area (Å²) in [5.74, 6) is -5.40. The van der Waals surface area contributed by atoms with Gasteiger partial charge in [-0.05, 0) is 0 Å². The number of hydrogen-bond donors (Lipinski definition) is 2. The van der Waals surface area contributed by atoms with Crippen molar-refractivity contribution in [3.8, 4) is 5.75 Å². The van der Waals surface area contributed by atoms with Gasteiger partial charge in [-0.25, -0.2) is 13.2 Å². The van der Waals surface area contributed by atoms with E-state index in [0.29, 0.717) is 12.1 Å². The summed E-state index contributed by atoms with van der Waals surface area (Å²) in [5, 5.41) is 2.19. The standard InChI is InChI=1S/C19H20F3N3O5/c1-9(26)16-18(30-3)17(27)12(7-25(16)8-15(23)29-2)19(28)24-6-11-13(21)4-10(20)5-14(11)22/h4-5,7,15H,6,8,23H2,1-3H3,(H,24,28). The Kier molecular flexibility index (Phi) is 7.35. The smallest absolute Gasteiger partial charge is 0.257 e. The third kappa shape index (κ3) is 4.86. The molecule has 2 aromatic rings. The number of rotatable bonds is 8. The molecule has 1 unspecified atom stereocenters. The molecule has 0 aliphatic heterocycles. The van der Waals surface area contributed by atoms with Gasteiger partial charge in [0.15, 0.2) is 11.5 Å². The number of pyridine rings is 1. The van der Waals surface area contributed by atoms with Crippen molar-refractivity contribution in [1.82, 2.24) is 9.88 Å². The van der Waals surface area contributed by atoms with Gasteiger partial charge in [0, 0.05) is 44.5 Å². The zero-order valence-electron chi connectivity index (χ0n) is 16.4. The van der Waals surface area contributed by atoms with Gasteiger partial charge in [-0.1, -0.05) is 0 Å². The van der Waals surface area contributed by atoms with Crippen molar-refractivity contribution in [3.05, 3.63) is 62.8 Å². The molecule has 1 heterocycles. The van der Waals surface area contributed by atoms with Gasteiger partial charge in [0.05, 0.1) is 13.7 Å². The number of ketones is 1. The Morgan fingerprint density at radius 2 is 1.80 bits per heavy atom. The van der Waals surface area contributed by atoms with Crippen LogP contribution in [0.5, 0.6) is 5.75 Å². The molecule has 0 spiro atoms. The number of Topliss-reactive ketones (excluding diaryl/α,β-unsaturated/α-hetero) is 1. The maximum absolute atomic E-state index is 13.8. The van der Waals surface area contributed by atoms with E-state index in [0.717, 1.165) is 13.3 Å². The minimum Gasteiger partial charge on any atom is -0.491 e. The SMILES string of the molecule is COc1c(C(C)=O)n(CC(N)OC)cc(C(=O)NCc2c(F)cc(F)cc2F)c1=O. The molecule has 11 heteroatoms. The van der Waals surface area contributed by atoms with Gasteiger partial charge in [0.25, 0.3) is 5.91 Å². The van der Waals surface area contributed by atoms with Crippen LogP contribution in [-0.2, 0) is 17.8 Å². The van der Waals surface area contributed by atoms with Crippen LogP contribution in [0, 0.1) is 17.5 Å². The van der Waals surface area contributed by atoms with Gasteiger partial charge in [-0.15, -0.1) is 0 Å². The molecule has 1 aromatic heterocycles. The highest BCUT2D eigenvalue weighted by Crippen LogP contribution is 2.18. The van der Waals surface area contributed by atoms with Gasteiger partial charge >= 0.3 is 0 Å². The number of halogens is 3. The predicted octanol–water partition coefficient (Wildman–Crippen LogP) is 1.34. The first-order chi connectivity index (χ1) is 14.1. The zero-order chi connectivity index (χ0) is 22.6. The highest BCUT2D eigenvalue weighted by molar-refractivity contribution is 5.98. The Bertz CT molecular complexity index is 1020. The van der Waals surface area contributed by atoms with E-state index in [4.69, 9.17) is 15.2 Å². The molecule has 0 aliphatic carbocycles. The Labute approximate surface area is 169 Å². The minimum atomic E-state index is -1.19. The number of nitrogens with one attached hydrogen (secondary N) is 1. The van der Waals surface area contributed by atoms with Crippen molar-refractivity contribution in [2.24, 2.45) is 5.73 Å². The summed E-state index contributed by atoms with van der Waals surface area (Å²) in [6, 6.07) is 0.933. The fourth-order valence-electron chi connectivity index (χ4n) is 2.77. The molecule has 0 aliphatic rings. The predicted molar refractivity (Wildman–Crippen MR) is 99.7 cm³/mol. The lowest BCUT2D eigenvalue weighted by Gasteiger charge is -2.19. The number of nitrogens with two attached hydrogens (primary N) is 1. The Balaban J connectivity index is 2.45.